The van der Waals surface area contributed by atoms with Crippen LogP contribution >= 0.6 is 0 Å². The molecular weight excluding hydrogens is 290 g/mol. The fourth-order valence-corrected chi connectivity index (χ4v) is 1.90. The highest BCUT2D eigenvalue weighted by atomic mass is 16.2. The Labute approximate surface area is 138 Å². The summed E-state index contributed by atoms with van der Waals surface area (Å²) in [5.41, 5.74) is 1.40. The Hall–Kier alpha value is -2.40. The number of hydrogen-bond acceptors (Lipinski definition) is 3. The van der Waals surface area contributed by atoms with Crippen molar-refractivity contribution in [1.29, 1.82) is 0 Å². The molecule has 23 heavy (non-hydrogen) atoms. The number of amides is 2. The highest BCUT2D eigenvalue weighted by Gasteiger charge is 2.09. The minimum Gasteiger partial charge on any atom is -0.326 e. The minimum absolute atomic E-state index is 0.0359. The number of anilines is 2. The van der Waals surface area contributed by atoms with Crippen LogP contribution in [0.4, 0.5) is 11.4 Å². The lowest BCUT2D eigenvalue weighted by Crippen LogP contribution is -2.33. The first kappa shape index (κ1) is 18.6. The van der Waals surface area contributed by atoms with Gasteiger partial charge in [0.25, 0.3) is 0 Å². The predicted octanol–water partition coefficient (Wildman–Crippen LogP) is 2.89. The third-order valence-corrected chi connectivity index (χ3v) is 3.10. The van der Waals surface area contributed by atoms with Crippen LogP contribution in [0.5, 0.6) is 0 Å². The molecule has 1 aromatic carbocycles. The van der Waals surface area contributed by atoms with E-state index < -0.39 is 0 Å². The second-order valence-corrected chi connectivity index (χ2v) is 5.54. The molecule has 0 unspecified atom stereocenters. The number of carbonyl (C=O) groups excluding carboxylic acids is 2. The molecule has 2 N–H and O–H groups in total. The van der Waals surface area contributed by atoms with Crippen molar-refractivity contribution in [3.63, 3.8) is 0 Å². The first-order chi connectivity index (χ1) is 11.0. The molecule has 5 nitrogen and oxygen atoms in total. The number of carbonyl (C=O) groups is 2. The van der Waals surface area contributed by atoms with Gasteiger partial charge in [-0.25, -0.2) is 0 Å². The molecule has 0 aliphatic carbocycles. The fourth-order valence-electron chi connectivity index (χ4n) is 1.90. The Morgan fingerprint density at radius 2 is 1.52 bits per heavy atom. The number of hydrogen-bond donors (Lipinski definition) is 2. The highest BCUT2D eigenvalue weighted by molar-refractivity contribution is 5.94. The van der Waals surface area contributed by atoms with Crippen molar-refractivity contribution in [2.45, 2.75) is 13.8 Å². The van der Waals surface area contributed by atoms with Crippen LogP contribution in [0.1, 0.15) is 13.8 Å². The quantitative estimate of drug-likeness (QED) is 0.689. The van der Waals surface area contributed by atoms with Crippen molar-refractivity contribution in [3.8, 4) is 0 Å². The first-order valence-corrected chi connectivity index (χ1v) is 7.61. The molecule has 0 aromatic heterocycles. The van der Waals surface area contributed by atoms with Gasteiger partial charge in [0.05, 0.1) is 6.54 Å². The fraction of sp³-hybridized carbons (Fsp3) is 0.333. The minimum atomic E-state index is -0.104. The topological polar surface area (TPSA) is 61.4 Å². The molecule has 124 valence electrons. The van der Waals surface area contributed by atoms with E-state index in [2.05, 4.69) is 23.8 Å². The maximum absolute atomic E-state index is 12.0. The van der Waals surface area contributed by atoms with E-state index in [1.165, 1.54) is 0 Å². The summed E-state index contributed by atoms with van der Waals surface area (Å²) in [6.07, 6.45) is 3.51. The molecular formula is C18H25N3O2. The molecule has 0 aliphatic rings. The maximum Gasteiger partial charge on any atom is 0.238 e. The van der Waals surface area contributed by atoms with Gasteiger partial charge in [0.2, 0.25) is 11.8 Å². The molecule has 0 spiro atoms. The standard InChI is InChI=1S/C18H25N3O2/c1-5-11-21(12-6-2)13-17(22)19-15-7-9-16(10-8-15)20-18(23)14(3)4/h5-10,14H,1-2,11-13H2,3-4H3,(H,19,22)(H,20,23). The second-order valence-electron chi connectivity index (χ2n) is 5.54. The van der Waals surface area contributed by atoms with Gasteiger partial charge in [0.15, 0.2) is 0 Å². The molecule has 1 rings (SSSR count). The molecule has 0 bridgehead atoms. The number of benzene rings is 1. The Morgan fingerprint density at radius 1 is 1.04 bits per heavy atom. The number of nitrogens with zero attached hydrogens (tertiary/aromatic N) is 1. The van der Waals surface area contributed by atoms with E-state index >= 15 is 0 Å². The van der Waals surface area contributed by atoms with Crippen LogP contribution in [0.2, 0.25) is 0 Å². The summed E-state index contributed by atoms with van der Waals surface area (Å²) in [7, 11) is 0. The third-order valence-electron chi connectivity index (χ3n) is 3.10. The van der Waals surface area contributed by atoms with Crippen molar-refractivity contribution in [2.24, 2.45) is 5.92 Å². The first-order valence-electron chi connectivity index (χ1n) is 7.61. The zero-order chi connectivity index (χ0) is 17.2. The van der Waals surface area contributed by atoms with Crippen LogP contribution in [0.15, 0.2) is 49.6 Å². The second kappa shape index (κ2) is 9.58. The summed E-state index contributed by atoms with van der Waals surface area (Å²) in [5.74, 6) is -0.214. The Balaban J connectivity index is 2.56. The molecule has 1 aromatic rings. The monoisotopic (exact) mass is 315 g/mol. The van der Waals surface area contributed by atoms with Gasteiger partial charge in [-0.2, -0.15) is 0 Å². The van der Waals surface area contributed by atoms with Crippen molar-refractivity contribution in [3.05, 3.63) is 49.6 Å². The third kappa shape index (κ3) is 6.93. The lowest BCUT2D eigenvalue weighted by molar-refractivity contribution is -0.119. The van der Waals surface area contributed by atoms with Crippen LogP contribution in [-0.2, 0) is 9.59 Å². The van der Waals surface area contributed by atoms with Crippen molar-refractivity contribution >= 4 is 23.2 Å². The van der Waals surface area contributed by atoms with E-state index in [-0.39, 0.29) is 24.3 Å². The molecule has 0 aliphatic heterocycles. The van der Waals surface area contributed by atoms with Gasteiger partial charge in [-0.15, -0.1) is 13.2 Å². The molecule has 2 amide bonds. The maximum atomic E-state index is 12.0. The summed E-state index contributed by atoms with van der Waals surface area (Å²) in [4.78, 5) is 25.6. The Morgan fingerprint density at radius 3 is 1.96 bits per heavy atom. The average Bonchev–Trinajstić information content (AvgIpc) is 2.49. The van der Waals surface area contributed by atoms with Crippen molar-refractivity contribution in [2.75, 3.05) is 30.3 Å². The van der Waals surface area contributed by atoms with Gasteiger partial charge in [-0.3, -0.25) is 14.5 Å². The number of nitrogens with one attached hydrogen (secondary N) is 2. The molecule has 0 radical (unpaired) electrons. The smallest absolute Gasteiger partial charge is 0.238 e. The van der Waals surface area contributed by atoms with Crippen molar-refractivity contribution < 1.29 is 9.59 Å². The van der Waals surface area contributed by atoms with Crippen LogP contribution in [0.25, 0.3) is 0 Å². The van der Waals surface area contributed by atoms with E-state index in [0.717, 1.165) is 0 Å². The van der Waals surface area contributed by atoms with E-state index in [9.17, 15) is 9.59 Å². The van der Waals surface area contributed by atoms with Gasteiger partial charge in [-0.05, 0) is 24.3 Å². The summed E-state index contributed by atoms with van der Waals surface area (Å²) < 4.78 is 0. The average molecular weight is 315 g/mol. The molecule has 0 heterocycles. The molecule has 0 saturated heterocycles. The van der Waals surface area contributed by atoms with Gasteiger partial charge < -0.3 is 10.6 Å². The highest BCUT2D eigenvalue weighted by Crippen LogP contribution is 2.14. The Kier molecular flexibility index (Phi) is 7.77. The van der Waals surface area contributed by atoms with Gasteiger partial charge >= 0.3 is 0 Å². The van der Waals surface area contributed by atoms with Crippen molar-refractivity contribution in [1.82, 2.24) is 4.90 Å². The van der Waals surface area contributed by atoms with Gasteiger partial charge in [0, 0.05) is 30.4 Å². The zero-order valence-electron chi connectivity index (χ0n) is 13.8. The summed E-state index contributed by atoms with van der Waals surface area (Å²) in [5, 5.41) is 5.64. The number of rotatable bonds is 9. The molecule has 0 fully saturated rings. The van der Waals surface area contributed by atoms with Crippen LogP contribution in [-0.4, -0.2) is 36.3 Å². The van der Waals surface area contributed by atoms with Crippen LogP contribution in [0, 0.1) is 5.92 Å². The van der Waals surface area contributed by atoms with E-state index in [1.807, 2.05) is 18.7 Å². The SMILES string of the molecule is C=CCN(CC=C)CC(=O)Nc1ccc(NC(=O)C(C)C)cc1. The summed E-state index contributed by atoms with van der Waals surface area (Å²) >= 11 is 0. The molecule has 0 saturated carbocycles. The summed E-state index contributed by atoms with van der Waals surface area (Å²) in [6.45, 7) is 12.5. The van der Waals surface area contributed by atoms with E-state index in [1.54, 1.807) is 36.4 Å². The van der Waals surface area contributed by atoms with Gasteiger partial charge in [-0.1, -0.05) is 26.0 Å². The van der Waals surface area contributed by atoms with Crippen LogP contribution < -0.4 is 10.6 Å². The van der Waals surface area contributed by atoms with E-state index in [4.69, 9.17) is 0 Å². The summed E-state index contributed by atoms with van der Waals surface area (Å²) in [6, 6.07) is 7.06. The lowest BCUT2D eigenvalue weighted by Gasteiger charge is -2.18. The Bertz CT molecular complexity index is 540. The predicted molar refractivity (Wildman–Crippen MR) is 95.4 cm³/mol. The van der Waals surface area contributed by atoms with Gasteiger partial charge in [0.1, 0.15) is 0 Å². The largest absolute Gasteiger partial charge is 0.326 e. The van der Waals surface area contributed by atoms with E-state index in [0.29, 0.717) is 24.5 Å². The normalized spacial score (nSPS) is 10.4. The molecule has 5 heteroatoms. The molecule has 0 atom stereocenters. The lowest BCUT2D eigenvalue weighted by atomic mass is 10.2. The van der Waals surface area contributed by atoms with Crippen LogP contribution in [0.3, 0.4) is 0 Å². The zero-order valence-corrected chi connectivity index (χ0v) is 13.8.